The van der Waals surface area contributed by atoms with E-state index in [0.29, 0.717) is 12.4 Å². The molecule has 1 saturated heterocycles. The molecule has 2 atom stereocenters. The minimum Gasteiger partial charge on any atom is -0.465 e. The van der Waals surface area contributed by atoms with Gasteiger partial charge in [0.2, 0.25) is 0 Å². The summed E-state index contributed by atoms with van der Waals surface area (Å²) in [5.41, 5.74) is 0.374. The van der Waals surface area contributed by atoms with Crippen molar-refractivity contribution < 1.29 is 14.7 Å². The molecule has 1 aromatic heterocycles. The summed E-state index contributed by atoms with van der Waals surface area (Å²) in [6.07, 6.45) is 1.65. The van der Waals surface area contributed by atoms with Crippen molar-refractivity contribution in [3.63, 3.8) is 0 Å². The molecule has 3 N–H and O–H groups in total. The zero-order valence-corrected chi connectivity index (χ0v) is 16.2. The Kier molecular flexibility index (Phi) is 4.40. The van der Waals surface area contributed by atoms with Gasteiger partial charge in [0, 0.05) is 24.6 Å². The number of rotatable bonds is 3. The highest BCUT2D eigenvalue weighted by molar-refractivity contribution is 5.81. The van der Waals surface area contributed by atoms with E-state index in [1.807, 2.05) is 45.6 Å². The summed E-state index contributed by atoms with van der Waals surface area (Å²) in [5.74, 6) is 0.720. The van der Waals surface area contributed by atoms with Gasteiger partial charge in [-0.1, -0.05) is 0 Å². The molecular formula is C18H29N5O3. The van der Waals surface area contributed by atoms with Crippen LogP contribution in [0.3, 0.4) is 0 Å². The molecule has 1 aliphatic carbocycles. The lowest BCUT2D eigenvalue weighted by Crippen LogP contribution is -2.36. The summed E-state index contributed by atoms with van der Waals surface area (Å²) < 4.78 is 1.73. The van der Waals surface area contributed by atoms with E-state index >= 15 is 0 Å². The average molecular weight is 363 g/mol. The van der Waals surface area contributed by atoms with E-state index in [1.54, 1.807) is 4.68 Å². The molecule has 2 fully saturated rings. The van der Waals surface area contributed by atoms with Gasteiger partial charge in [0.15, 0.2) is 0 Å². The Hall–Kier alpha value is -2.25. The van der Waals surface area contributed by atoms with Crippen LogP contribution < -0.4 is 10.6 Å². The van der Waals surface area contributed by atoms with Crippen LogP contribution in [-0.4, -0.2) is 50.0 Å². The van der Waals surface area contributed by atoms with Crippen molar-refractivity contribution in [2.45, 2.75) is 76.9 Å². The van der Waals surface area contributed by atoms with Gasteiger partial charge in [0.25, 0.3) is 0 Å². The first-order chi connectivity index (χ1) is 12.0. The molecule has 2 aliphatic rings. The van der Waals surface area contributed by atoms with Gasteiger partial charge in [-0.05, 0) is 53.9 Å². The van der Waals surface area contributed by atoms with Crippen LogP contribution in [0.5, 0.6) is 0 Å². The van der Waals surface area contributed by atoms with Crippen molar-refractivity contribution in [1.29, 1.82) is 0 Å². The van der Waals surface area contributed by atoms with Crippen molar-refractivity contribution in [1.82, 2.24) is 20.0 Å². The third-order valence-corrected chi connectivity index (χ3v) is 5.13. The lowest BCUT2D eigenvalue weighted by atomic mass is 10.0. The number of nitrogens with one attached hydrogen (secondary N) is 2. The first-order valence-corrected chi connectivity index (χ1v) is 9.15. The van der Waals surface area contributed by atoms with E-state index in [9.17, 15) is 9.59 Å². The lowest BCUT2D eigenvalue weighted by molar-refractivity contribution is 0.197. The molecule has 0 spiro atoms. The predicted molar refractivity (Wildman–Crippen MR) is 98.6 cm³/mol. The molecule has 0 radical (unpaired) electrons. The van der Waals surface area contributed by atoms with E-state index in [0.717, 1.165) is 25.0 Å². The van der Waals surface area contributed by atoms with Crippen LogP contribution in [-0.2, 0) is 5.54 Å². The summed E-state index contributed by atoms with van der Waals surface area (Å²) in [4.78, 5) is 25.3. The lowest BCUT2D eigenvalue weighted by Gasteiger charge is -2.24. The Bertz CT molecular complexity index is 719. The molecule has 3 amide bonds. The van der Waals surface area contributed by atoms with Gasteiger partial charge in [0.05, 0.1) is 16.8 Å². The number of carboxylic acid groups (broad SMARTS) is 1. The molecule has 0 aromatic carbocycles. The Morgan fingerprint density at radius 1 is 1.38 bits per heavy atom. The molecule has 8 nitrogen and oxygen atoms in total. The number of carbonyl (C=O) groups excluding carboxylic acids is 1. The van der Waals surface area contributed by atoms with Crippen molar-refractivity contribution in [3.05, 3.63) is 11.8 Å². The summed E-state index contributed by atoms with van der Waals surface area (Å²) >= 11 is 0. The van der Waals surface area contributed by atoms with Gasteiger partial charge in [-0.15, -0.1) is 0 Å². The molecular weight excluding hydrogens is 334 g/mol. The third kappa shape index (κ3) is 3.64. The van der Waals surface area contributed by atoms with Crippen LogP contribution in [0.1, 0.15) is 65.5 Å². The second-order valence-electron chi connectivity index (χ2n) is 9.07. The number of hydrogen-bond donors (Lipinski definition) is 3. The molecule has 8 heteroatoms. The minimum absolute atomic E-state index is 0.00843. The molecule has 26 heavy (non-hydrogen) atoms. The maximum atomic E-state index is 12.3. The first-order valence-electron chi connectivity index (χ1n) is 9.15. The molecule has 1 aromatic rings. The number of carbonyl (C=O) groups is 2. The van der Waals surface area contributed by atoms with Crippen LogP contribution in [0.2, 0.25) is 0 Å². The maximum absolute atomic E-state index is 12.3. The highest BCUT2D eigenvalue weighted by Gasteiger charge is 2.42. The van der Waals surface area contributed by atoms with Crippen molar-refractivity contribution in [3.8, 4) is 0 Å². The van der Waals surface area contributed by atoms with Gasteiger partial charge in [0.1, 0.15) is 5.82 Å². The fourth-order valence-electron chi connectivity index (χ4n) is 4.01. The quantitative estimate of drug-likeness (QED) is 0.768. The SMILES string of the molecule is CC1(C)CN([C@@H]2CC[C@@H](c3cc(NC(=O)O)n(C(C)(C)C)n3)C2)C(=O)N1. The second-order valence-corrected chi connectivity index (χ2v) is 9.07. The highest BCUT2D eigenvalue weighted by atomic mass is 16.4. The monoisotopic (exact) mass is 363 g/mol. The number of aromatic nitrogens is 2. The molecule has 3 rings (SSSR count). The summed E-state index contributed by atoms with van der Waals surface area (Å²) in [5, 5.41) is 19.3. The number of nitrogens with zero attached hydrogens (tertiary/aromatic N) is 3. The van der Waals surface area contributed by atoms with E-state index in [2.05, 4.69) is 10.6 Å². The van der Waals surface area contributed by atoms with Crippen LogP contribution in [0.4, 0.5) is 15.4 Å². The van der Waals surface area contributed by atoms with Gasteiger partial charge < -0.3 is 15.3 Å². The van der Waals surface area contributed by atoms with Crippen LogP contribution in [0.15, 0.2) is 6.07 Å². The largest absolute Gasteiger partial charge is 0.465 e. The number of urea groups is 1. The van der Waals surface area contributed by atoms with Crippen LogP contribution in [0, 0.1) is 0 Å². The standard InChI is InChI=1S/C18H29N5O3/c1-17(2,3)23-14(19-16(25)26)9-13(21-23)11-6-7-12(8-11)22-10-18(4,5)20-15(22)24/h9,11-12,19H,6-8,10H2,1-5H3,(H,20,24)(H,25,26)/t11-,12-/m1/s1. The Morgan fingerprint density at radius 2 is 2.08 bits per heavy atom. The number of amides is 3. The molecule has 144 valence electrons. The molecule has 0 bridgehead atoms. The zero-order valence-electron chi connectivity index (χ0n) is 16.2. The third-order valence-electron chi connectivity index (χ3n) is 5.13. The Morgan fingerprint density at radius 3 is 2.62 bits per heavy atom. The first kappa shape index (κ1) is 18.5. The topological polar surface area (TPSA) is 99.5 Å². The molecule has 1 aliphatic heterocycles. The predicted octanol–water partition coefficient (Wildman–Crippen LogP) is 3.17. The van der Waals surface area contributed by atoms with Gasteiger partial charge in [-0.25, -0.2) is 14.3 Å². The minimum atomic E-state index is -1.10. The Labute approximate surface area is 153 Å². The smallest absolute Gasteiger partial charge is 0.410 e. The van der Waals surface area contributed by atoms with E-state index < -0.39 is 6.09 Å². The number of anilines is 1. The summed E-state index contributed by atoms with van der Waals surface area (Å²) in [6, 6.07) is 2.05. The summed E-state index contributed by atoms with van der Waals surface area (Å²) in [7, 11) is 0. The van der Waals surface area contributed by atoms with E-state index in [4.69, 9.17) is 10.2 Å². The second kappa shape index (κ2) is 6.17. The number of hydrogen-bond acceptors (Lipinski definition) is 3. The van der Waals surface area contributed by atoms with Gasteiger partial charge >= 0.3 is 12.1 Å². The van der Waals surface area contributed by atoms with Gasteiger partial charge in [-0.2, -0.15) is 5.10 Å². The summed E-state index contributed by atoms with van der Waals surface area (Å²) in [6.45, 7) is 10.8. The fraction of sp³-hybridized carbons (Fsp3) is 0.722. The maximum Gasteiger partial charge on any atom is 0.410 e. The van der Waals surface area contributed by atoms with Crippen molar-refractivity contribution in [2.24, 2.45) is 0 Å². The van der Waals surface area contributed by atoms with E-state index in [-0.39, 0.29) is 29.1 Å². The van der Waals surface area contributed by atoms with Crippen molar-refractivity contribution >= 4 is 17.9 Å². The highest BCUT2D eigenvalue weighted by Crippen LogP contribution is 2.39. The fourth-order valence-corrected chi connectivity index (χ4v) is 4.01. The molecule has 2 heterocycles. The van der Waals surface area contributed by atoms with E-state index in [1.165, 1.54) is 0 Å². The zero-order chi connectivity index (χ0) is 19.3. The molecule has 0 unspecified atom stereocenters. The Balaban J connectivity index is 1.77. The van der Waals surface area contributed by atoms with Gasteiger partial charge in [-0.3, -0.25) is 5.32 Å². The average Bonchev–Trinajstić information content (AvgIpc) is 3.14. The van der Waals surface area contributed by atoms with Crippen molar-refractivity contribution in [2.75, 3.05) is 11.9 Å². The normalized spacial score (nSPS) is 25.4. The van der Waals surface area contributed by atoms with Crippen LogP contribution >= 0.6 is 0 Å². The van der Waals surface area contributed by atoms with Crippen LogP contribution in [0.25, 0.3) is 0 Å². The molecule has 1 saturated carbocycles.